The first kappa shape index (κ1) is 17.3. The van der Waals surface area contributed by atoms with Crippen molar-refractivity contribution in [2.24, 2.45) is 0 Å². The smallest absolute Gasteiger partial charge is 0.338 e. The van der Waals surface area contributed by atoms with Gasteiger partial charge >= 0.3 is 5.97 Å². The Kier molecular flexibility index (Phi) is 4.81. The predicted octanol–water partition coefficient (Wildman–Crippen LogP) is 1.56. The molecule has 2 aromatic rings. The van der Waals surface area contributed by atoms with Crippen LogP contribution < -0.4 is 0 Å². The number of hydrogen-bond acceptors (Lipinski definition) is 5. The highest BCUT2D eigenvalue weighted by Crippen LogP contribution is 2.41. The minimum atomic E-state index is -0.747. The number of carbonyl (C=O) groups excluding carboxylic acids is 1. The molecule has 2 aliphatic heterocycles. The van der Waals surface area contributed by atoms with Crippen LogP contribution in [0.1, 0.15) is 15.9 Å². The number of carbonyl (C=O) groups is 1. The van der Waals surface area contributed by atoms with E-state index in [4.69, 9.17) is 18.9 Å². The summed E-state index contributed by atoms with van der Waals surface area (Å²) in [4.78, 5) is 12.3. The third kappa shape index (κ3) is 3.28. The molecule has 0 aromatic heterocycles. The second-order valence-corrected chi connectivity index (χ2v) is 6.82. The fourth-order valence-corrected chi connectivity index (χ4v) is 3.64. The zero-order valence-electron chi connectivity index (χ0n) is 14.7. The van der Waals surface area contributed by atoms with Gasteiger partial charge in [-0.25, -0.2) is 4.79 Å². The molecule has 2 aliphatic rings. The summed E-state index contributed by atoms with van der Waals surface area (Å²) >= 11 is 0. The molecule has 5 nitrogen and oxygen atoms in total. The molecule has 2 fully saturated rings. The lowest BCUT2D eigenvalue weighted by molar-refractivity contribution is -0.143. The van der Waals surface area contributed by atoms with Crippen LogP contribution in [0.5, 0.6) is 0 Å². The van der Waals surface area contributed by atoms with Crippen LogP contribution in [0.25, 0.3) is 0 Å². The molecule has 0 aliphatic carbocycles. The maximum Gasteiger partial charge on any atom is 0.338 e. The summed E-state index contributed by atoms with van der Waals surface area (Å²) in [6, 6.07) is 18.8. The lowest BCUT2D eigenvalue weighted by atomic mass is 9.92. The third-order valence-electron chi connectivity index (χ3n) is 4.95. The van der Waals surface area contributed by atoms with Gasteiger partial charge in [0.15, 0.2) is 5.60 Å². The van der Waals surface area contributed by atoms with Crippen molar-refractivity contribution in [2.45, 2.75) is 30.4 Å². The molecule has 0 unspecified atom stereocenters. The van der Waals surface area contributed by atoms with Crippen molar-refractivity contribution < 1.29 is 23.7 Å². The molecule has 0 saturated carbocycles. The van der Waals surface area contributed by atoms with Gasteiger partial charge in [-0.05, 0) is 17.7 Å². The van der Waals surface area contributed by atoms with E-state index in [9.17, 15) is 4.79 Å². The molecule has 0 radical (unpaired) electrons. The topological polar surface area (TPSA) is 54.0 Å². The fourth-order valence-electron chi connectivity index (χ4n) is 3.64. The highest BCUT2D eigenvalue weighted by Gasteiger charge is 2.61. The Morgan fingerprint density at radius 1 is 1.12 bits per heavy atom. The molecule has 4 atom stereocenters. The Hall–Kier alpha value is -2.15. The van der Waals surface area contributed by atoms with E-state index in [1.165, 1.54) is 0 Å². The highest BCUT2D eigenvalue weighted by atomic mass is 16.7. The average Bonchev–Trinajstić information content (AvgIpc) is 3.17. The van der Waals surface area contributed by atoms with Crippen molar-refractivity contribution in [1.82, 2.24) is 0 Å². The molecular formula is C20H21BO5. The summed E-state index contributed by atoms with van der Waals surface area (Å²) in [5, 5.41) is 0. The van der Waals surface area contributed by atoms with E-state index >= 15 is 0 Å². The standard InChI is InChI=1S/C20H21BO5/c21-18-16-17(23-11-14-7-3-1-4-8-14)20(26-18,12-24-16)13-25-19(22)15-9-5-2-6-10-15/h1-10,16-18H,11-13,21H2/t16-,17+,18-,20-/m1/s1. The zero-order chi connectivity index (χ0) is 18.0. The van der Waals surface area contributed by atoms with Gasteiger partial charge in [-0.2, -0.15) is 0 Å². The van der Waals surface area contributed by atoms with Crippen molar-refractivity contribution in [3.8, 4) is 0 Å². The highest BCUT2D eigenvalue weighted by molar-refractivity contribution is 6.11. The lowest BCUT2D eigenvalue weighted by Crippen LogP contribution is -2.47. The van der Waals surface area contributed by atoms with Gasteiger partial charge in [0.1, 0.15) is 26.7 Å². The summed E-state index contributed by atoms with van der Waals surface area (Å²) in [6.07, 6.45) is -0.407. The van der Waals surface area contributed by atoms with E-state index in [0.29, 0.717) is 18.8 Å². The maximum absolute atomic E-state index is 12.3. The van der Waals surface area contributed by atoms with Crippen LogP contribution in [0.15, 0.2) is 60.7 Å². The molecule has 0 N–H and O–H groups in total. The number of ether oxygens (including phenoxy) is 4. The zero-order valence-corrected chi connectivity index (χ0v) is 14.7. The first-order chi connectivity index (χ1) is 12.7. The van der Waals surface area contributed by atoms with Gasteiger partial charge in [-0.15, -0.1) is 0 Å². The van der Waals surface area contributed by atoms with Crippen LogP contribution in [-0.2, 0) is 25.6 Å². The molecule has 2 heterocycles. The van der Waals surface area contributed by atoms with E-state index in [1.54, 1.807) is 12.1 Å². The molecule has 2 bridgehead atoms. The summed E-state index contributed by atoms with van der Waals surface area (Å²) in [6.45, 7) is 0.945. The number of rotatable bonds is 6. The molecule has 0 spiro atoms. The molecular weight excluding hydrogens is 331 g/mol. The van der Waals surface area contributed by atoms with Crippen molar-refractivity contribution in [1.29, 1.82) is 0 Å². The summed E-state index contributed by atoms with van der Waals surface area (Å²) in [5.41, 5.74) is 0.860. The largest absolute Gasteiger partial charge is 0.459 e. The second kappa shape index (κ2) is 7.23. The van der Waals surface area contributed by atoms with Gasteiger partial charge in [0, 0.05) is 0 Å². The molecule has 6 heteroatoms. The number of fused-ring (bicyclic) bond motifs is 2. The van der Waals surface area contributed by atoms with Crippen LogP contribution in [0.4, 0.5) is 0 Å². The predicted molar refractivity (Wildman–Crippen MR) is 97.6 cm³/mol. The van der Waals surface area contributed by atoms with Gasteiger partial charge in [-0.3, -0.25) is 0 Å². The Morgan fingerprint density at radius 3 is 2.50 bits per heavy atom. The van der Waals surface area contributed by atoms with Crippen molar-refractivity contribution in [3.63, 3.8) is 0 Å². The van der Waals surface area contributed by atoms with Gasteiger partial charge in [0.2, 0.25) is 0 Å². The lowest BCUT2D eigenvalue weighted by Gasteiger charge is -2.30. The van der Waals surface area contributed by atoms with Gasteiger partial charge in [-0.1, -0.05) is 48.5 Å². The SMILES string of the molecule is B[C@@H]1O[C@@]2(COC(=O)c3ccccc3)CO[C@@H]1[C@@H]2OCc1ccccc1. The minimum absolute atomic E-state index is 0.0973. The second-order valence-electron chi connectivity index (χ2n) is 6.82. The first-order valence-corrected chi connectivity index (χ1v) is 8.85. The maximum atomic E-state index is 12.3. The summed E-state index contributed by atoms with van der Waals surface area (Å²) < 4.78 is 23.7. The summed E-state index contributed by atoms with van der Waals surface area (Å²) in [5.74, 6) is -0.367. The molecule has 4 rings (SSSR count). The minimum Gasteiger partial charge on any atom is -0.459 e. The Labute approximate surface area is 153 Å². The van der Waals surface area contributed by atoms with E-state index in [0.717, 1.165) is 5.56 Å². The Morgan fingerprint density at radius 2 is 1.81 bits per heavy atom. The quantitative estimate of drug-likeness (QED) is 0.583. The van der Waals surface area contributed by atoms with Crippen LogP contribution in [-0.4, -0.2) is 50.8 Å². The monoisotopic (exact) mass is 352 g/mol. The normalized spacial score (nSPS) is 29.6. The summed E-state index contributed by atoms with van der Waals surface area (Å²) in [7, 11) is 1.96. The van der Waals surface area contributed by atoms with Crippen molar-refractivity contribution in [3.05, 3.63) is 71.8 Å². The van der Waals surface area contributed by atoms with E-state index in [2.05, 4.69) is 0 Å². The van der Waals surface area contributed by atoms with Gasteiger partial charge < -0.3 is 18.9 Å². The molecule has 134 valence electrons. The van der Waals surface area contributed by atoms with E-state index < -0.39 is 5.60 Å². The molecule has 26 heavy (non-hydrogen) atoms. The Bertz CT molecular complexity index is 753. The molecule has 2 saturated heterocycles. The van der Waals surface area contributed by atoms with E-state index in [-0.39, 0.29) is 30.8 Å². The molecule has 2 aromatic carbocycles. The van der Waals surface area contributed by atoms with Crippen LogP contribution in [0.3, 0.4) is 0 Å². The van der Waals surface area contributed by atoms with Crippen LogP contribution >= 0.6 is 0 Å². The number of benzene rings is 2. The van der Waals surface area contributed by atoms with Crippen molar-refractivity contribution in [2.75, 3.05) is 13.2 Å². The van der Waals surface area contributed by atoms with E-state index in [1.807, 2.05) is 56.4 Å². The third-order valence-corrected chi connectivity index (χ3v) is 4.95. The first-order valence-electron chi connectivity index (χ1n) is 8.85. The van der Waals surface area contributed by atoms with Gasteiger partial charge in [0.25, 0.3) is 0 Å². The average molecular weight is 352 g/mol. The number of esters is 1. The molecule has 0 amide bonds. The fraction of sp³-hybridized carbons (Fsp3) is 0.350. The van der Waals surface area contributed by atoms with Crippen molar-refractivity contribution >= 4 is 13.8 Å². The van der Waals surface area contributed by atoms with Crippen LogP contribution in [0, 0.1) is 0 Å². The number of hydrogen-bond donors (Lipinski definition) is 0. The Balaban J connectivity index is 1.43. The van der Waals surface area contributed by atoms with Crippen LogP contribution in [0.2, 0.25) is 0 Å². The van der Waals surface area contributed by atoms with Gasteiger partial charge in [0.05, 0.1) is 24.8 Å².